The van der Waals surface area contributed by atoms with Crippen molar-refractivity contribution in [1.29, 1.82) is 0 Å². The SMILES string of the molecule is CCCN=C(N)NCCOCCO. The van der Waals surface area contributed by atoms with Crippen molar-refractivity contribution in [3.05, 3.63) is 0 Å². The summed E-state index contributed by atoms with van der Waals surface area (Å²) in [7, 11) is 0. The van der Waals surface area contributed by atoms with Crippen molar-refractivity contribution in [3.8, 4) is 0 Å². The largest absolute Gasteiger partial charge is 0.394 e. The Morgan fingerprint density at radius 2 is 2.31 bits per heavy atom. The van der Waals surface area contributed by atoms with E-state index in [9.17, 15) is 0 Å². The molecule has 0 spiro atoms. The molecule has 13 heavy (non-hydrogen) atoms. The zero-order valence-corrected chi connectivity index (χ0v) is 8.12. The molecule has 0 radical (unpaired) electrons. The van der Waals surface area contributed by atoms with E-state index < -0.39 is 0 Å². The summed E-state index contributed by atoms with van der Waals surface area (Å²) in [6.07, 6.45) is 0.989. The van der Waals surface area contributed by atoms with Crippen LogP contribution in [-0.4, -0.2) is 44.0 Å². The second-order valence-corrected chi connectivity index (χ2v) is 2.53. The summed E-state index contributed by atoms with van der Waals surface area (Å²) in [5, 5.41) is 11.3. The molecule has 0 saturated carbocycles. The molecule has 0 aromatic heterocycles. The lowest BCUT2D eigenvalue weighted by Crippen LogP contribution is -2.34. The molecule has 0 aliphatic rings. The molecule has 5 heteroatoms. The topological polar surface area (TPSA) is 79.9 Å². The van der Waals surface area contributed by atoms with Crippen LogP contribution in [0.4, 0.5) is 0 Å². The van der Waals surface area contributed by atoms with Crippen molar-refractivity contribution in [2.75, 3.05) is 32.9 Å². The maximum atomic E-state index is 8.40. The van der Waals surface area contributed by atoms with Crippen LogP contribution in [0.5, 0.6) is 0 Å². The summed E-state index contributed by atoms with van der Waals surface area (Å²) < 4.78 is 5.01. The Morgan fingerprint density at radius 1 is 1.54 bits per heavy atom. The van der Waals surface area contributed by atoms with Crippen LogP contribution in [0.15, 0.2) is 4.99 Å². The van der Waals surface area contributed by atoms with Gasteiger partial charge in [-0.15, -0.1) is 0 Å². The minimum atomic E-state index is 0.0550. The number of aliphatic hydroxyl groups excluding tert-OH is 1. The van der Waals surface area contributed by atoms with Gasteiger partial charge in [-0.1, -0.05) is 6.92 Å². The molecule has 4 N–H and O–H groups in total. The number of guanidine groups is 1. The zero-order valence-electron chi connectivity index (χ0n) is 8.12. The van der Waals surface area contributed by atoms with Crippen LogP contribution in [0.25, 0.3) is 0 Å². The Kier molecular flexibility index (Phi) is 8.70. The summed E-state index contributed by atoms with van der Waals surface area (Å²) in [5.74, 6) is 0.453. The van der Waals surface area contributed by atoms with Crippen LogP contribution in [0.1, 0.15) is 13.3 Å². The van der Waals surface area contributed by atoms with Gasteiger partial charge in [0.05, 0.1) is 19.8 Å². The summed E-state index contributed by atoms with van der Waals surface area (Å²) in [4.78, 5) is 4.04. The van der Waals surface area contributed by atoms with Gasteiger partial charge >= 0.3 is 0 Å². The van der Waals surface area contributed by atoms with Crippen molar-refractivity contribution < 1.29 is 9.84 Å². The van der Waals surface area contributed by atoms with E-state index >= 15 is 0 Å². The summed E-state index contributed by atoms with van der Waals surface area (Å²) >= 11 is 0. The third kappa shape index (κ3) is 9.10. The van der Waals surface area contributed by atoms with E-state index in [0.29, 0.717) is 25.7 Å². The van der Waals surface area contributed by atoms with Gasteiger partial charge < -0.3 is 20.9 Å². The van der Waals surface area contributed by atoms with E-state index in [1.165, 1.54) is 0 Å². The first-order valence-electron chi connectivity index (χ1n) is 4.53. The van der Waals surface area contributed by atoms with Crippen LogP contribution in [0.2, 0.25) is 0 Å². The molecule has 0 fully saturated rings. The van der Waals surface area contributed by atoms with Gasteiger partial charge in [0.15, 0.2) is 5.96 Å². The maximum absolute atomic E-state index is 8.40. The Hall–Kier alpha value is -0.810. The van der Waals surface area contributed by atoms with Crippen LogP contribution in [-0.2, 0) is 4.74 Å². The normalized spacial score (nSPS) is 11.7. The molecule has 0 atom stereocenters. The van der Waals surface area contributed by atoms with E-state index in [2.05, 4.69) is 10.3 Å². The fourth-order valence-corrected chi connectivity index (χ4v) is 0.706. The lowest BCUT2D eigenvalue weighted by Gasteiger charge is -2.05. The number of aliphatic imine (C=N–C) groups is 1. The molecule has 0 amide bonds. The number of nitrogens with zero attached hydrogens (tertiary/aromatic N) is 1. The maximum Gasteiger partial charge on any atom is 0.188 e. The minimum Gasteiger partial charge on any atom is -0.394 e. The quantitative estimate of drug-likeness (QED) is 0.281. The van der Waals surface area contributed by atoms with Gasteiger partial charge in [-0.25, -0.2) is 0 Å². The Labute approximate surface area is 79.0 Å². The van der Waals surface area contributed by atoms with Crippen LogP contribution >= 0.6 is 0 Å². The molecule has 0 unspecified atom stereocenters. The second kappa shape index (κ2) is 9.28. The Balaban J connectivity index is 3.21. The third-order valence-corrected chi connectivity index (χ3v) is 1.29. The molecule has 0 heterocycles. The summed E-state index contributed by atoms with van der Waals surface area (Å²) in [6, 6.07) is 0. The van der Waals surface area contributed by atoms with Crippen molar-refractivity contribution in [2.24, 2.45) is 10.7 Å². The molecule has 0 aliphatic heterocycles. The predicted molar refractivity (Wildman–Crippen MR) is 52.7 cm³/mol. The van der Waals surface area contributed by atoms with Gasteiger partial charge in [-0.2, -0.15) is 0 Å². The number of hydrogen-bond acceptors (Lipinski definition) is 3. The first kappa shape index (κ1) is 12.2. The number of ether oxygens (including phenoxy) is 1. The Morgan fingerprint density at radius 3 is 2.92 bits per heavy atom. The lowest BCUT2D eigenvalue weighted by molar-refractivity contribution is 0.0958. The molecule has 0 aromatic rings. The zero-order chi connectivity index (χ0) is 9.94. The van der Waals surface area contributed by atoms with Crippen molar-refractivity contribution >= 4 is 5.96 Å². The van der Waals surface area contributed by atoms with Gasteiger partial charge in [0.2, 0.25) is 0 Å². The smallest absolute Gasteiger partial charge is 0.188 e. The highest BCUT2D eigenvalue weighted by atomic mass is 16.5. The molecule has 5 nitrogen and oxygen atoms in total. The molecule has 0 aromatic carbocycles. The van der Waals surface area contributed by atoms with Crippen molar-refractivity contribution in [1.82, 2.24) is 5.32 Å². The molecule has 0 aliphatic carbocycles. The van der Waals surface area contributed by atoms with Gasteiger partial charge in [0, 0.05) is 13.1 Å². The van der Waals surface area contributed by atoms with E-state index in [-0.39, 0.29) is 6.61 Å². The minimum absolute atomic E-state index is 0.0550. The molecular weight excluding hydrogens is 170 g/mol. The van der Waals surface area contributed by atoms with Gasteiger partial charge in [0.25, 0.3) is 0 Å². The van der Waals surface area contributed by atoms with Gasteiger partial charge in [-0.3, -0.25) is 4.99 Å². The first-order valence-corrected chi connectivity index (χ1v) is 4.53. The second-order valence-electron chi connectivity index (χ2n) is 2.53. The highest BCUT2D eigenvalue weighted by molar-refractivity contribution is 5.77. The number of rotatable bonds is 7. The standard InChI is InChI=1S/C8H19N3O2/c1-2-3-10-8(9)11-4-6-13-7-5-12/h12H,2-7H2,1H3,(H3,9,10,11). The van der Waals surface area contributed by atoms with E-state index in [0.717, 1.165) is 13.0 Å². The van der Waals surface area contributed by atoms with Crippen LogP contribution in [0.3, 0.4) is 0 Å². The molecule has 0 rings (SSSR count). The fourth-order valence-electron chi connectivity index (χ4n) is 0.706. The number of nitrogens with two attached hydrogens (primary N) is 1. The predicted octanol–water partition coefficient (Wildman–Crippen LogP) is -0.690. The van der Waals surface area contributed by atoms with E-state index in [1.807, 2.05) is 6.92 Å². The van der Waals surface area contributed by atoms with Gasteiger partial charge in [0.1, 0.15) is 0 Å². The first-order chi connectivity index (χ1) is 6.31. The highest BCUT2D eigenvalue weighted by Gasteiger charge is 1.90. The average molecular weight is 189 g/mol. The summed E-state index contributed by atoms with van der Waals surface area (Å²) in [6.45, 7) is 4.37. The fraction of sp³-hybridized carbons (Fsp3) is 0.875. The highest BCUT2D eigenvalue weighted by Crippen LogP contribution is 1.76. The van der Waals surface area contributed by atoms with Crippen molar-refractivity contribution in [3.63, 3.8) is 0 Å². The van der Waals surface area contributed by atoms with E-state index in [1.54, 1.807) is 0 Å². The van der Waals surface area contributed by atoms with Crippen LogP contribution in [0, 0.1) is 0 Å². The van der Waals surface area contributed by atoms with Crippen LogP contribution < -0.4 is 11.1 Å². The van der Waals surface area contributed by atoms with Gasteiger partial charge in [-0.05, 0) is 6.42 Å². The van der Waals surface area contributed by atoms with E-state index in [4.69, 9.17) is 15.6 Å². The summed E-state index contributed by atoms with van der Waals surface area (Å²) in [5.41, 5.74) is 5.51. The number of aliphatic hydroxyl groups is 1. The number of hydrogen-bond donors (Lipinski definition) is 3. The Bertz CT molecular complexity index is 139. The molecular formula is C8H19N3O2. The molecule has 78 valence electrons. The van der Waals surface area contributed by atoms with Crippen molar-refractivity contribution in [2.45, 2.75) is 13.3 Å². The lowest BCUT2D eigenvalue weighted by atomic mass is 10.5. The molecule has 0 saturated heterocycles. The third-order valence-electron chi connectivity index (χ3n) is 1.29. The monoisotopic (exact) mass is 189 g/mol. The average Bonchev–Trinajstić information content (AvgIpc) is 2.14. The number of nitrogens with one attached hydrogen (secondary N) is 1. The molecule has 0 bridgehead atoms.